The number of rotatable bonds is 3. The average molecular weight is 330 g/mol. The van der Waals surface area contributed by atoms with Gasteiger partial charge in [0.2, 0.25) is 0 Å². The average Bonchev–Trinajstić information content (AvgIpc) is 3.31. The molecule has 1 aromatic carbocycles. The molecule has 120 valence electrons. The highest BCUT2D eigenvalue weighted by Gasteiger charge is 2.30. The lowest BCUT2D eigenvalue weighted by molar-refractivity contribution is 0.207. The molecule has 7 nitrogen and oxygen atoms in total. The molecule has 2 aliphatic rings. The molecule has 23 heavy (non-hydrogen) atoms. The van der Waals surface area contributed by atoms with E-state index in [0.717, 1.165) is 18.7 Å². The second-order valence-electron chi connectivity index (χ2n) is 5.93. The van der Waals surface area contributed by atoms with E-state index in [2.05, 4.69) is 50.2 Å². The van der Waals surface area contributed by atoms with Crippen LogP contribution in [0, 0.1) is 0 Å². The number of amides is 2. The molecule has 0 bridgehead atoms. The molecule has 8 heteroatoms. The van der Waals surface area contributed by atoms with Gasteiger partial charge < -0.3 is 10.2 Å². The van der Waals surface area contributed by atoms with Crippen LogP contribution >= 0.6 is 11.8 Å². The van der Waals surface area contributed by atoms with Crippen molar-refractivity contribution < 1.29 is 4.79 Å². The van der Waals surface area contributed by atoms with Crippen LogP contribution in [0.4, 0.5) is 4.79 Å². The fourth-order valence-corrected chi connectivity index (χ4v) is 4.47. The first kappa shape index (κ1) is 14.5. The zero-order valence-corrected chi connectivity index (χ0v) is 13.4. The molecule has 0 spiro atoms. The number of hydrogen-bond acceptors (Lipinski definition) is 5. The number of thioether (sulfide) groups is 1. The fourth-order valence-electron chi connectivity index (χ4n) is 3.22. The summed E-state index contributed by atoms with van der Waals surface area (Å²) in [4.78, 5) is 15.6. The van der Waals surface area contributed by atoms with Crippen molar-refractivity contribution in [3.05, 3.63) is 35.7 Å². The summed E-state index contributed by atoms with van der Waals surface area (Å²) in [5.74, 6) is 2.31. The summed E-state index contributed by atoms with van der Waals surface area (Å²) in [7, 11) is 0. The number of hydrogen-bond donors (Lipinski definition) is 2. The van der Waals surface area contributed by atoms with E-state index in [1.165, 1.54) is 10.5 Å². The maximum atomic E-state index is 12.4. The number of nitrogens with one attached hydrogen (secondary N) is 2. The van der Waals surface area contributed by atoms with Crippen molar-refractivity contribution in [2.45, 2.75) is 23.2 Å². The van der Waals surface area contributed by atoms with Crippen molar-refractivity contribution >= 4 is 17.8 Å². The molecule has 1 fully saturated rings. The summed E-state index contributed by atoms with van der Waals surface area (Å²) in [5, 5.41) is 17.2. The van der Waals surface area contributed by atoms with E-state index < -0.39 is 0 Å². The van der Waals surface area contributed by atoms with Crippen LogP contribution in [0.2, 0.25) is 0 Å². The largest absolute Gasteiger partial charge is 0.337 e. The van der Waals surface area contributed by atoms with Crippen molar-refractivity contribution in [3.8, 4) is 0 Å². The van der Waals surface area contributed by atoms with E-state index in [9.17, 15) is 4.79 Å². The van der Waals surface area contributed by atoms with Crippen LogP contribution in [-0.4, -0.2) is 56.9 Å². The number of fused-ring (bicyclic) bond motifs is 1. The third kappa shape index (κ3) is 2.90. The van der Waals surface area contributed by atoms with Crippen molar-refractivity contribution in [1.82, 2.24) is 30.8 Å². The quantitative estimate of drug-likeness (QED) is 0.892. The Kier molecular flexibility index (Phi) is 3.90. The summed E-state index contributed by atoms with van der Waals surface area (Å²) in [5.41, 5.74) is 1.35. The first-order chi connectivity index (χ1) is 11.3. The molecule has 1 aromatic heterocycles. The van der Waals surface area contributed by atoms with Gasteiger partial charge >= 0.3 is 6.03 Å². The number of nitrogens with zero attached hydrogens (tertiary/aromatic N) is 4. The van der Waals surface area contributed by atoms with Crippen LogP contribution < -0.4 is 5.32 Å². The van der Waals surface area contributed by atoms with Gasteiger partial charge in [-0.3, -0.25) is 0 Å². The van der Waals surface area contributed by atoms with Gasteiger partial charge in [0.25, 0.3) is 0 Å². The number of H-pyrrole nitrogens is 1. The van der Waals surface area contributed by atoms with Gasteiger partial charge in [-0.2, -0.15) is 5.21 Å². The van der Waals surface area contributed by atoms with Crippen LogP contribution in [0.3, 0.4) is 0 Å². The second kappa shape index (κ2) is 6.19. The Morgan fingerprint density at radius 3 is 3.22 bits per heavy atom. The van der Waals surface area contributed by atoms with E-state index in [1.807, 2.05) is 16.7 Å². The number of aromatic amines is 1. The van der Waals surface area contributed by atoms with Gasteiger partial charge in [-0.05, 0) is 18.1 Å². The zero-order valence-electron chi connectivity index (χ0n) is 12.6. The molecule has 2 atom stereocenters. The lowest BCUT2D eigenvalue weighted by Crippen LogP contribution is -2.40. The van der Waals surface area contributed by atoms with E-state index in [4.69, 9.17) is 0 Å². The molecule has 0 radical (unpaired) electrons. The summed E-state index contributed by atoms with van der Waals surface area (Å²) < 4.78 is 0. The van der Waals surface area contributed by atoms with Crippen LogP contribution in [0.1, 0.15) is 29.6 Å². The van der Waals surface area contributed by atoms with Gasteiger partial charge in [0, 0.05) is 42.1 Å². The third-order valence-electron chi connectivity index (χ3n) is 4.50. The van der Waals surface area contributed by atoms with Gasteiger partial charge in [-0.25, -0.2) is 4.79 Å². The molecule has 2 aromatic rings. The normalized spacial score (nSPS) is 23.0. The number of tetrazole rings is 1. The van der Waals surface area contributed by atoms with Gasteiger partial charge in [0.05, 0.1) is 0 Å². The number of aromatic nitrogens is 4. The Hall–Kier alpha value is -2.09. The van der Waals surface area contributed by atoms with Crippen LogP contribution in [0.25, 0.3) is 0 Å². The first-order valence-electron chi connectivity index (χ1n) is 7.79. The monoisotopic (exact) mass is 330 g/mol. The highest BCUT2D eigenvalue weighted by Crippen LogP contribution is 2.38. The smallest absolute Gasteiger partial charge is 0.317 e. The second-order valence-corrected chi connectivity index (χ2v) is 7.00. The molecule has 4 rings (SSSR count). The predicted octanol–water partition coefficient (Wildman–Crippen LogP) is 1.59. The van der Waals surface area contributed by atoms with E-state index in [1.54, 1.807) is 0 Å². The SMILES string of the molecule is O=C(NCC1CSc2ccccc21)N1CCC(c2nn[nH]n2)C1. The standard InChI is InChI=1S/C15H18N6OS/c22-15(21-6-5-10(8-21)14-17-19-20-18-14)16-7-11-9-23-13-4-2-1-3-12(11)13/h1-4,10-11H,5-9H2,(H,16,22)(H,17,18,19,20). The lowest BCUT2D eigenvalue weighted by atomic mass is 10.0. The number of benzene rings is 1. The summed E-state index contributed by atoms with van der Waals surface area (Å²) in [6.07, 6.45) is 0.884. The van der Waals surface area contributed by atoms with Gasteiger partial charge in [0.1, 0.15) is 0 Å². The molecule has 2 unspecified atom stereocenters. The molecular weight excluding hydrogens is 312 g/mol. The molecular formula is C15H18N6OS. The molecule has 2 aliphatic heterocycles. The fraction of sp³-hybridized carbons (Fsp3) is 0.467. The van der Waals surface area contributed by atoms with Gasteiger partial charge in [0.15, 0.2) is 5.82 Å². The van der Waals surface area contributed by atoms with Crippen LogP contribution in [0.15, 0.2) is 29.2 Å². The van der Waals surface area contributed by atoms with Crippen molar-refractivity contribution in [2.75, 3.05) is 25.4 Å². The Labute approximate surface area is 138 Å². The van der Waals surface area contributed by atoms with Crippen molar-refractivity contribution in [2.24, 2.45) is 0 Å². The first-order valence-corrected chi connectivity index (χ1v) is 8.77. The summed E-state index contributed by atoms with van der Waals surface area (Å²) in [6, 6.07) is 8.45. The number of carbonyl (C=O) groups is 1. The Bertz CT molecular complexity index is 691. The molecule has 1 saturated heterocycles. The van der Waals surface area contributed by atoms with Crippen LogP contribution in [-0.2, 0) is 0 Å². The van der Waals surface area contributed by atoms with E-state index >= 15 is 0 Å². The van der Waals surface area contributed by atoms with E-state index in [-0.39, 0.29) is 11.9 Å². The minimum atomic E-state index is 0.00498. The molecule has 0 saturated carbocycles. The Balaban J connectivity index is 1.31. The summed E-state index contributed by atoms with van der Waals surface area (Å²) >= 11 is 1.87. The maximum absolute atomic E-state index is 12.4. The molecule has 2 amide bonds. The van der Waals surface area contributed by atoms with Crippen LogP contribution in [0.5, 0.6) is 0 Å². The van der Waals surface area contributed by atoms with Crippen molar-refractivity contribution in [3.63, 3.8) is 0 Å². The number of likely N-dealkylation sites (tertiary alicyclic amines) is 1. The Morgan fingerprint density at radius 1 is 1.43 bits per heavy atom. The number of carbonyl (C=O) groups excluding carboxylic acids is 1. The molecule has 0 aliphatic carbocycles. The third-order valence-corrected chi connectivity index (χ3v) is 5.75. The maximum Gasteiger partial charge on any atom is 0.317 e. The molecule has 3 heterocycles. The van der Waals surface area contributed by atoms with Crippen molar-refractivity contribution in [1.29, 1.82) is 0 Å². The molecule has 2 N–H and O–H groups in total. The summed E-state index contributed by atoms with van der Waals surface area (Å²) in [6.45, 7) is 2.08. The topological polar surface area (TPSA) is 86.8 Å². The predicted molar refractivity (Wildman–Crippen MR) is 86.4 cm³/mol. The zero-order chi connectivity index (χ0) is 15.6. The highest BCUT2D eigenvalue weighted by atomic mass is 32.2. The highest BCUT2D eigenvalue weighted by molar-refractivity contribution is 7.99. The van der Waals surface area contributed by atoms with Gasteiger partial charge in [-0.15, -0.1) is 22.0 Å². The Morgan fingerprint density at radius 2 is 2.35 bits per heavy atom. The lowest BCUT2D eigenvalue weighted by Gasteiger charge is -2.19. The minimum Gasteiger partial charge on any atom is -0.337 e. The minimum absolute atomic E-state index is 0.00498. The number of urea groups is 1. The van der Waals surface area contributed by atoms with E-state index in [0.29, 0.717) is 24.8 Å². The van der Waals surface area contributed by atoms with Gasteiger partial charge in [-0.1, -0.05) is 23.4 Å².